The van der Waals surface area contributed by atoms with Gasteiger partial charge in [0.2, 0.25) is 0 Å². The van der Waals surface area contributed by atoms with Gasteiger partial charge in [-0.3, -0.25) is 9.69 Å². The second-order valence-electron chi connectivity index (χ2n) is 8.24. The van der Waals surface area contributed by atoms with Crippen molar-refractivity contribution in [2.75, 3.05) is 16.8 Å². The molecule has 1 amide bonds. The number of rotatable bonds is 7. The molecule has 36 heavy (non-hydrogen) atoms. The van der Waals surface area contributed by atoms with Crippen molar-refractivity contribution in [1.82, 2.24) is 0 Å². The summed E-state index contributed by atoms with van der Waals surface area (Å²) in [7, 11) is 0. The largest absolute Gasteiger partial charge is 0.490 e. The number of benzene rings is 4. The summed E-state index contributed by atoms with van der Waals surface area (Å²) in [6, 6.07) is 26.4. The Balaban J connectivity index is 1.53. The van der Waals surface area contributed by atoms with Crippen LogP contribution in [0.1, 0.15) is 34.6 Å². The van der Waals surface area contributed by atoms with Gasteiger partial charge in [-0.1, -0.05) is 60.1 Å². The first-order chi connectivity index (χ1) is 17.6. The second-order valence-corrected chi connectivity index (χ2v) is 8.65. The van der Waals surface area contributed by atoms with Gasteiger partial charge in [-0.2, -0.15) is 0 Å². The minimum Gasteiger partial charge on any atom is -0.490 e. The molecule has 0 bridgehead atoms. The van der Waals surface area contributed by atoms with Crippen molar-refractivity contribution < 1.29 is 18.7 Å². The van der Waals surface area contributed by atoms with Crippen molar-refractivity contribution in [3.63, 3.8) is 0 Å². The molecule has 4 aromatic rings. The van der Waals surface area contributed by atoms with E-state index in [-0.39, 0.29) is 18.2 Å². The summed E-state index contributed by atoms with van der Waals surface area (Å²) < 4.78 is 26.8. The number of nitrogens with zero attached hydrogens (tertiary/aromatic N) is 1. The van der Waals surface area contributed by atoms with Crippen molar-refractivity contribution in [2.45, 2.75) is 19.7 Å². The standard InChI is InChI=1S/C29H24ClFN2O3/c1-2-35-27-17-19(15-16-26(27)36-18-20-9-3-5-11-22(20)30)28-32-24-13-7-4-10-21(24)29(34)33(28)25-14-8-6-12-23(25)31/h3-17,28,32H,2,18H2,1H3/t28-/m1/s1. The molecular weight excluding hydrogens is 479 g/mol. The van der Waals surface area contributed by atoms with Crippen LogP contribution in [-0.4, -0.2) is 12.5 Å². The summed E-state index contributed by atoms with van der Waals surface area (Å²) in [5.41, 5.74) is 2.91. The molecule has 4 aromatic carbocycles. The number of hydrogen-bond acceptors (Lipinski definition) is 4. The lowest BCUT2D eigenvalue weighted by Gasteiger charge is -2.38. The number of anilines is 2. The molecular formula is C29H24ClFN2O3. The zero-order valence-corrected chi connectivity index (χ0v) is 20.3. The molecule has 5 nitrogen and oxygen atoms in total. The number of hydrogen-bond donors (Lipinski definition) is 1. The van der Waals surface area contributed by atoms with E-state index in [2.05, 4.69) is 5.32 Å². The van der Waals surface area contributed by atoms with E-state index < -0.39 is 12.0 Å². The van der Waals surface area contributed by atoms with Gasteiger partial charge in [-0.25, -0.2) is 4.39 Å². The smallest absolute Gasteiger partial charge is 0.262 e. The Morgan fingerprint density at radius 3 is 2.47 bits per heavy atom. The van der Waals surface area contributed by atoms with Gasteiger partial charge in [0, 0.05) is 16.3 Å². The Bertz CT molecular complexity index is 1410. The molecule has 0 saturated heterocycles. The normalized spacial score (nSPS) is 14.7. The highest BCUT2D eigenvalue weighted by Crippen LogP contribution is 2.40. The molecule has 0 unspecified atom stereocenters. The molecule has 0 spiro atoms. The Morgan fingerprint density at radius 1 is 0.917 bits per heavy atom. The Hall–Kier alpha value is -4.03. The van der Waals surface area contributed by atoms with Gasteiger partial charge in [0.15, 0.2) is 11.5 Å². The fraction of sp³-hybridized carbons (Fsp3) is 0.138. The van der Waals surface area contributed by atoms with Crippen molar-refractivity contribution in [1.29, 1.82) is 0 Å². The second kappa shape index (κ2) is 10.3. The van der Waals surface area contributed by atoms with Gasteiger partial charge in [0.1, 0.15) is 18.6 Å². The molecule has 182 valence electrons. The fourth-order valence-electron chi connectivity index (χ4n) is 4.24. The topological polar surface area (TPSA) is 50.8 Å². The maximum atomic E-state index is 14.9. The number of carbonyl (C=O) groups is 1. The van der Waals surface area contributed by atoms with E-state index in [1.165, 1.54) is 11.0 Å². The van der Waals surface area contributed by atoms with Crippen molar-refractivity contribution in [3.05, 3.63) is 119 Å². The van der Waals surface area contributed by atoms with Crippen molar-refractivity contribution >= 4 is 28.9 Å². The van der Waals surface area contributed by atoms with Crippen LogP contribution in [0.4, 0.5) is 15.8 Å². The third-order valence-corrected chi connectivity index (χ3v) is 6.33. The van der Waals surface area contributed by atoms with Gasteiger partial charge in [0.25, 0.3) is 5.91 Å². The molecule has 1 heterocycles. The van der Waals surface area contributed by atoms with Crippen LogP contribution in [0.25, 0.3) is 0 Å². The quantitative estimate of drug-likeness (QED) is 0.289. The van der Waals surface area contributed by atoms with Crippen LogP contribution in [0.3, 0.4) is 0 Å². The molecule has 1 aliphatic heterocycles. The fourth-order valence-corrected chi connectivity index (χ4v) is 4.43. The number of carbonyl (C=O) groups excluding carboxylic acids is 1. The summed E-state index contributed by atoms with van der Waals surface area (Å²) in [4.78, 5) is 15.0. The van der Waals surface area contributed by atoms with Crippen molar-refractivity contribution in [3.8, 4) is 11.5 Å². The first-order valence-corrected chi connectivity index (χ1v) is 12.0. The molecule has 0 radical (unpaired) electrons. The first-order valence-electron chi connectivity index (χ1n) is 11.6. The number of fused-ring (bicyclic) bond motifs is 1. The Labute approximate surface area is 214 Å². The van der Waals surface area contributed by atoms with E-state index in [0.717, 1.165) is 11.1 Å². The van der Waals surface area contributed by atoms with Crippen LogP contribution in [-0.2, 0) is 6.61 Å². The third-order valence-electron chi connectivity index (χ3n) is 5.96. The predicted octanol–water partition coefficient (Wildman–Crippen LogP) is 7.23. The monoisotopic (exact) mass is 502 g/mol. The lowest BCUT2D eigenvalue weighted by molar-refractivity contribution is 0.0974. The number of ether oxygens (including phenoxy) is 2. The van der Waals surface area contributed by atoms with E-state index in [4.69, 9.17) is 21.1 Å². The molecule has 0 saturated carbocycles. The molecule has 5 rings (SSSR count). The lowest BCUT2D eigenvalue weighted by Crippen LogP contribution is -2.43. The summed E-state index contributed by atoms with van der Waals surface area (Å²) in [5.74, 6) is 0.280. The minimum absolute atomic E-state index is 0.187. The van der Waals surface area contributed by atoms with E-state index in [1.54, 1.807) is 36.4 Å². The number of halogens is 2. The molecule has 1 atom stereocenters. The maximum Gasteiger partial charge on any atom is 0.262 e. The Kier molecular flexibility index (Phi) is 6.78. The summed E-state index contributed by atoms with van der Waals surface area (Å²) >= 11 is 6.27. The highest BCUT2D eigenvalue weighted by Gasteiger charge is 2.35. The van der Waals surface area contributed by atoms with E-state index in [0.29, 0.717) is 34.4 Å². The molecule has 7 heteroatoms. The van der Waals surface area contributed by atoms with Gasteiger partial charge >= 0.3 is 0 Å². The average molecular weight is 503 g/mol. The van der Waals surface area contributed by atoms with Gasteiger partial charge < -0.3 is 14.8 Å². The van der Waals surface area contributed by atoms with Gasteiger partial charge in [-0.05, 0) is 55.0 Å². The number of para-hydroxylation sites is 2. The van der Waals surface area contributed by atoms with Crippen molar-refractivity contribution in [2.24, 2.45) is 0 Å². The molecule has 0 aromatic heterocycles. The zero-order valence-electron chi connectivity index (χ0n) is 19.6. The molecule has 1 N–H and O–H groups in total. The van der Waals surface area contributed by atoms with Crippen LogP contribution in [0, 0.1) is 5.82 Å². The summed E-state index contributed by atoms with van der Waals surface area (Å²) in [6.07, 6.45) is -0.666. The van der Waals surface area contributed by atoms with Crippen LogP contribution in [0.5, 0.6) is 11.5 Å². The molecule has 0 aliphatic carbocycles. The summed E-state index contributed by atoms with van der Waals surface area (Å²) in [6.45, 7) is 2.57. The molecule has 1 aliphatic rings. The SMILES string of the molecule is CCOc1cc([C@@H]2Nc3ccccc3C(=O)N2c2ccccc2F)ccc1OCc1ccccc1Cl. The average Bonchev–Trinajstić information content (AvgIpc) is 2.89. The molecule has 0 fully saturated rings. The van der Waals surface area contributed by atoms with Crippen LogP contribution in [0.2, 0.25) is 5.02 Å². The first kappa shape index (κ1) is 23.7. The summed E-state index contributed by atoms with van der Waals surface area (Å²) in [5, 5.41) is 4.02. The third kappa shape index (κ3) is 4.60. The van der Waals surface area contributed by atoms with E-state index in [1.807, 2.05) is 55.5 Å². The predicted molar refractivity (Wildman–Crippen MR) is 139 cm³/mol. The van der Waals surface area contributed by atoms with Crippen LogP contribution < -0.4 is 19.7 Å². The van der Waals surface area contributed by atoms with Crippen LogP contribution in [0.15, 0.2) is 91.0 Å². The van der Waals surface area contributed by atoms with Gasteiger partial charge in [-0.15, -0.1) is 0 Å². The zero-order chi connectivity index (χ0) is 25.1. The number of amides is 1. The Morgan fingerprint density at radius 2 is 1.67 bits per heavy atom. The van der Waals surface area contributed by atoms with Crippen LogP contribution >= 0.6 is 11.6 Å². The van der Waals surface area contributed by atoms with E-state index >= 15 is 0 Å². The highest BCUT2D eigenvalue weighted by atomic mass is 35.5. The lowest BCUT2D eigenvalue weighted by atomic mass is 10.0. The maximum absolute atomic E-state index is 14.9. The minimum atomic E-state index is -0.666. The van der Waals surface area contributed by atoms with Gasteiger partial charge in [0.05, 0.1) is 17.9 Å². The number of nitrogens with one attached hydrogen (secondary N) is 1. The van der Waals surface area contributed by atoms with E-state index in [9.17, 15) is 9.18 Å². The highest BCUT2D eigenvalue weighted by molar-refractivity contribution is 6.31.